The van der Waals surface area contributed by atoms with Crippen LogP contribution in [-0.4, -0.2) is 15.6 Å². The molecule has 2 aliphatic rings. The smallest absolute Gasteiger partial charge is 0.509 e. The Morgan fingerprint density at radius 1 is 0.517 bits per heavy atom. The molecule has 5 nitrogen and oxygen atoms in total. The molecule has 87 heavy (non-hydrogen) atoms. The fourth-order valence-electron chi connectivity index (χ4n) is 12.8. The van der Waals surface area contributed by atoms with Gasteiger partial charge in [-0.05, 0) is 142 Å². The second-order valence-electron chi connectivity index (χ2n) is 28.2. The molecule has 0 atom stereocenters. The van der Waals surface area contributed by atoms with Gasteiger partial charge in [-0.3, -0.25) is 0 Å². The van der Waals surface area contributed by atoms with Gasteiger partial charge in [0.15, 0.2) is 0 Å². The fourth-order valence-corrected chi connectivity index (χ4v) is 12.8. The van der Waals surface area contributed by atoms with E-state index in [1.54, 1.807) is 12.3 Å². The van der Waals surface area contributed by atoms with E-state index in [9.17, 15) is 0 Å². The van der Waals surface area contributed by atoms with Crippen LogP contribution in [0.15, 0.2) is 194 Å². The van der Waals surface area contributed by atoms with Gasteiger partial charge in [0, 0.05) is 45.0 Å². The predicted molar refractivity (Wildman–Crippen MR) is 361 cm³/mol. The Hall–Kier alpha value is -8.20. The van der Waals surface area contributed by atoms with Crippen LogP contribution in [0.1, 0.15) is 140 Å². The molecule has 0 spiro atoms. The van der Waals surface area contributed by atoms with Crippen molar-refractivity contribution in [3.05, 3.63) is 240 Å². The molecule has 1 aliphatic heterocycles. The first-order chi connectivity index (χ1) is 42.1. The first-order valence-electron chi connectivity index (χ1n) is 31.9. The minimum atomic E-state index is -2.45. The zero-order valence-electron chi connectivity index (χ0n) is 55.4. The molecule has 0 saturated heterocycles. The molecule has 436 valence electrons. The van der Waals surface area contributed by atoms with Crippen molar-refractivity contribution in [1.29, 1.82) is 0 Å². The monoisotopic (exact) mass is 1320 g/mol. The van der Waals surface area contributed by atoms with Crippen LogP contribution in [0.2, 0.25) is 0 Å². The number of ether oxygens (including phenoxy) is 1. The molecule has 0 N–H and O–H groups in total. The van der Waals surface area contributed by atoms with E-state index >= 15 is 0 Å². The van der Waals surface area contributed by atoms with E-state index in [0.29, 0.717) is 28.4 Å². The van der Waals surface area contributed by atoms with Crippen LogP contribution in [0, 0.1) is 19.0 Å². The molecule has 0 amide bonds. The zero-order valence-corrected chi connectivity index (χ0v) is 54.7. The third kappa shape index (κ3) is 10.9. The number of aromatic nitrogens is 2. The third-order valence-electron chi connectivity index (χ3n) is 18.1. The molecule has 9 aromatic carbocycles. The molecule has 0 saturated carbocycles. The summed E-state index contributed by atoms with van der Waals surface area (Å²) in [5.74, 6) is 1.42. The van der Waals surface area contributed by atoms with Gasteiger partial charge in [0.1, 0.15) is 11.5 Å². The summed E-state index contributed by atoms with van der Waals surface area (Å²) in [7, 11) is 0. The normalized spacial score (nSPS) is 15.2. The molecule has 2 aromatic heterocycles. The summed E-state index contributed by atoms with van der Waals surface area (Å²) in [4.78, 5) is 5.18. The van der Waals surface area contributed by atoms with Crippen molar-refractivity contribution in [3.8, 4) is 61.8 Å². The molecule has 1 aliphatic carbocycles. The summed E-state index contributed by atoms with van der Waals surface area (Å²) >= 11 is 0. The van der Waals surface area contributed by atoms with Gasteiger partial charge in [-0.25, -0.2) is 4.98 Å². The van der Waals surface area contributed by atoms with E-state index in [4.69, 9.17) is 13.8 Å². The number of nitrogens with zero attached hydrogens (tertiary/aromatic N) is 4. The van der Waals surface area contributed by atoms with Gasteiger partial charge >= 0.3 is 27.1 Å². The summed E-state index contributed by atoms with van der Waals surface area (Å²) < 4.78 is 40.4. The second kappa shape index (κ2) is 21.9. The molecule has 6 heteroatoms. The number of para-hydroxylation sites is 2. The first kappa shape index (κ1) is 55.4. The maximum absolute atomic E-state index is 9.04. The van der Waals surface area contributed by atoms with E-state index in [0.717, 1.165) is 90.8 Å². The maximum Gasteiger partial charge on any atom is 2.00 e. The number of fused-ring (bicyclic) bond motifs is 5. The number of rotatable bonds is 9. The van der Waals surface area contributed by atoms with Crippen LogP contribution < -0.4 is 13.9 Å². The van der Waals surface area contributed by atoms with Gasteiger partial charge < -0.3 is 9.30 Å². The number of hydrogen-bond donors (Lipinski definition) is 0. The van der Waals surface area contributed by atoms with Crippen LogP contribution in [0.5, 0.6) is 11.5 Å². The van der Waals surface area contributed by atoms with Gasteiger partial charge in [-0.1, -0.05) is 234 Å². The average molecular weight is 1320 g/mol. The Morgan fingerprint density at radius 3 is 1.74 bits per heavy atom. The summed E-state index contributed by atoms with van der Waals surface area (Å²) in [5.41, 5.74) is 19.6. The van der Waals surface area contributed by atoms with E-state index in [-0.39, 0.29) is 53.7 Å². The quantitative estimate of drug-likeness (QED) is 0.107. The Balaban J connectivity index is 0.00000785. The van der Waals surface area contributed by atoms with Crippen LogP contribution >= 0.6 is 0 Å². The predicted octanol–water partition coefficient (Wildman–Crippen LogP) is 21.6. The number of pyridine rings is 1. The van der Waals surface area contributed by atoms with Crippen molar-refractivity contribution in [2.45, 2.75) is 137 Å². The molecule has 3 heterocycles. The molecule has 0 fully saturated rings. The fraction of sp³-hybridized carbons (Fsp3) is 0.259. The van der Waals surface area contributed by atoms with Crippen molar-refractivity contribution in [2.75, 3.05) is 0 Å². The van der Waals surface area contributed by atoms with E-state index < -0.39 is 6.85 Å². The Morgan fingerprint density at radius 2 is 1.09 bits per heavy atom. The van der Waals surface area contributed by atoms with Gasteiger partial charge in [-0.15, -0.1) is 23.6 Å². The summed E-state index contributed by atoms with van der Waals surface area (Å²) in [6, 6.07) is 77.4. The standard InChI is InChI=1S/C81H78N4O.Pt/c1-52-41-74(82-50-67(52)55-35-38-68-69(44-55)81(13,14)40-39-80(68,11)12)85-72-34-24-31-63(53-25-17-15-18-26-53)75(72)64-37-36-62(49-73(64)85)86-61-30-23-29-60(48-61)83-51-84(71-33-22-21-32-70(71)83)76-65(54-27-19-16-20-28-54)46-59(79(8,9)10)47-66(76)56-42-57(77(2,3)4)45-58(43-56)78(5,6)7;/h15-38,41-47,50H,39-40H2,1-14H3;/q;+2/i1D3;. The summed E-state index contributed by atoms with van der Waals surface area (Å²) in [5, 5.41) is 1.92. The Labute approximate surface area is 534 Å². The van der Waals surface area contributed by atoms with E-state index in [1.165, 1.54) is 27.8 Å². The summed E-state index contributed by atoms with van der Waals surface area (Å²) in [6.07, 6.45) is 3.89. The number of aryl methyl sites for hydroxylation is 1. The molecule has 13 rings (SSSR count). The molecular weight excluding hydrogens is 1240 g/mol. The number of benzene rings is 9. The average Bonchev–Trinajstić information content (AvgIpc) is 1.46. The van der Waals surface area contributed by atoms with Gasteiger partial charge in [0.05, 0.1) is 11.1 Å². The molecule has 11 aromatic rings. The first-order valence-corrected chi connectivity index (χ1v) is 30.4. The van der Waals surface area contributed by atoms with Crippen LogP contribution in [-0.2, 0) is 48.1 Å². The van der Waals surface area contributed by atoms with Crippen molar-refractivity contribution in [3.63, 3.8) is 0 Å². The van der Waals surface area contributed by atoms with Crippen LogP contribution in [0.3, 0.4) is 0 Å². The molecule has 0 unspecified atom stereocenters. The van der Waals surface area contributed by atoms with Crippen molar-refractivity contribution in [1.82, 2.24) is 18.7 Å². The number of hydrogen-bond acceptors (Lipinski definition) is 2. The second-order valence-corrected chi connectivity index (χ2v) is 28.2. The van der Waals surface area contributed by atoms with Gasteiger partial charge in [0.2, 0.25) is 5.69 Å². The van der Waals surface area contributed by atoms with E-state index in [1.807, 2.05) is 47.0 Å². The topological polar surface area (TPSA) is 33.1 Å². The minimum absolute atomic E-state index is 0. The Bertz CT molecular complexity index is 4680. The van der Waals surface area contributed by atoms with Crippen LogP contribution in [0.25, 0.3) is 72.1 Å². The van der Waals surface area contributed by atoms with E-state index in [2.05, 4.69) is 257 Å². The van der Waals surface area contributed by atoms with Gasteiger partial charge in [0.25, 0.3) is 11.4 Å². The van der Waals surface area contributed by atoms with Gasteiger partial charge in [-0.2, -0.15) is 12.1 Å². The molecule has 0 bridgehead atoms. The SMILES string of the molecule is [2H]C([2H])([2H])c1cc(-n2c3[c-]c(Oc4[c-]c([N+]5=C=[N+](c6c(-c7ccccc7)cc(C(C)(C)C)cc6-c6cc(C(C)(C)C)cc(C(C)(C)C)c6)c6ccccc65)ccc4)ccc3c3c(-c4ccccc4)cccc32)ncc1-c1ccc2c(c1)C(C)(C)CCC2(C)C.[Pt+2]. The molecule has 0 radical (unpaired) electrons. The largest absolute Gasteiger partial charge is 2.00 e. The maximum atomic E-state index is 9.04. The third-order valence-corrected chi connectivity index (χ3v) is 18.1. The van der Waals surface area contributed by atoms with Crippen LogP contribution in [0.4, 0.5) is 22.7 Å². The van der Waals surface area contributed by atoms with Crippen molar-refractivity contribution >= 4 is 50.6 Å². The minimum Gasteiger partial charge on any atom is -0.509 e. The van der Waals surface area contributed by atoms with Crippen molar-refractivity contribution in [2.24, 2.45) is 0 Å². The Kier molecular flexibility index (Phi) is 13.9. The summed E-state index contributed by atoms with van der Waals surface area (Å²) in [6.45, 7) is 27.4. The molecular formula is C81H78N4OPt+2. The zero-order chi connectivity index (χ0) is 62.7. The van der Waals surface area contributed by atoms with Crippen molar-refractivity contribution < 1.29 is 29.9 Å².